The minimum absolute atomic E-state index is 0.381. The standard InChI is InChI=1S/C11H19N3O2S2/c1-9-7-11(17-10(9)2)8-13-18(15,16)14-5-3-12-4-6-14/h7,12-13H,3-6,8H2,1-2H3. The summed E-state index contributed by atoms with van der Waals surface area (Å²) >= 11 is 1.64. The van der Waals surface area contributed by atoms with Crippen LogP contribution < -0.4 is 10.0 Å². The van der Waals surface area contributed by atoms with Crippen LogP contribution in [0.1, 0.15) is 15.3 Å². The summed E-state index contributed by atoms with van der Waals surface area (Å²) in [5.74, 6) is 0. The van der Waals surface area contributed by atoms with Gasteiger partial charge in [-0.1, -0.05) is 0 Å². The van der Waals surface area contributed by atoms with Crippen molar-refractivity contribution in [3.63, 3.8) is 0 Å². The van der Waals surface area contributed by atoms with Crippen LogP contribution in [0.15, 0.2) is 6.07 Å². The fourth-order valence-electron chi connectivity index (χ4n) is 1.88. The summed E-state index contributed by atoms with van der Waals surface area (Å²) in [6.45, 7) is 6.99. The SMILES string of the molecule is Cc1cc(CNS(=O)(=O)N2CCNCC2)sc1C. The Morgan fingerprint density at radius 2 is 2.06 bits per heavy atom. The van der Waals surface area contributed by atoms with E-state index < -0.39 is 10.2 Å². The normalized spacial score (nSPS) is 18.1. The molecule has 0 radical (unpaired) electrons. The molecule has 1 fully saturated rings. The zero-order chi connectivity index (χ0) is 13.2. The molecule has 1 saturated heterocycles. The van der Waals surface area contributed by atoms with Crippen LogP contribution in [-0.2, 0) is 16.8 Å². The van der Waals surface area contributed by atoms with Gasteiger partial charge < -0.3 is 5.32 Å². The topological polar surface area (TPSA) is 61.4 Å². The van der Waals surface area contributed by atoms with E-state index in [-0.39, 0.29) is 0 Å². The first-order valence-corrected chi connectivity index (χ1v) is 8.26. The fourth-order valence-corrected chi connectivity index (χ4v) is 4.14. The van der Waals surface area contributed by atoms with Gasteiger partial charge in [-0.25, -0.2) is 0 Å². The molecule has 1 aromatic heterocycles. The average molecular weight is 289 g/mol. The van der Waals surface area contributed by atoms with Crippen LogP contribution in [0.2, 0.25) is 0 Å². The predicted molar refractivity (Wildman–Crippen MR) is 74.0 cm³/mol. The minimum Gasteiger partial charge on any atom is -0.314 e. The zero-order valence-electron chi connectivity index (χ0n) is 10.7. The summed E-state index contributed by atoms with van der Waals surface area (Å²) in [7, 11) is -3.34. The molecule has 102 valence electrons. The molecule has 1 aliphatic heterocycles. The molecule has 2 N–H and O–H groups in total. The van der Waals surface area contributed by atoms with Crippen molar-refractivity contribution in [1.29, 1.82) is 0 Å². The smallest absolute Gasteiger partial charge is 0.279 e. The highest BCUT2D eigenvalue weighted by atomic mass is 32.2. The van der Waals surface area contributed by atoms with Crippen LogP contribution in [0.5, 0.6) is 0 Å². The minimum atomic E-state index is -3.34. The second kappa shape index (κ2) is 5.66. The number of nitrogens with one attached hydrogen (secondary N) is 2. The quantitative estimate of drug-likeness (QED) is 0.853. The van der Waals surface area contributed by atoms with Gasteiger partial charge in [0, 0.05) is 42.5 Å². The molecule has 0 bridgehead atoms. The van der Waals surface area contributed by atoms with Gasteiger partial charge in [-0.15, -0.1) is 11.3 Å². The van der Waals surface area contributed by atoms with E-state index in [1.807, 2.05) is 19.9 Å². The summed E-state index contributed by atoms with van der Waals surface area (Å²) in [6, 6.07) is 2.04. The Morgan fingerprint density at radius 3 is 2.61 bits per heavy atom. The summed E-state index contributed by atoms with van der Waals surface area (Å²) in [6.07, 6.45) is 0. The molecule has 2 rings (SSSR count). The van der Waals surface area contributed by atoms with Gasteiger partial charge >= 0.3 is 0 Å². The third-order valence-corrected chi connectivity index (χ3v) is 5.77. The van der Waals surface area contributed by atoms with E-state index in [0.717, 1.165) is 18.0 Å². The maximum Gasteiger partial charge on any atom is 0.279 e. The second-order valence-electron chi connectivity index (χ2n) is 4.43. The maximum atomic E-state index is 12.0. The number of nitrogens with zero attached hydrogens (tertiary/aromatic N) is 1. The lowest BCUT2D eigenvalue weighted by atomic mass is 10.3. The van der Waals surface area contributed by atoms with Crippen LogP contribution in [-0.4, -0.2) is 38.9 Å². The van der Waals surface area contributed by atoms with E-state index in [1.165, 1.54) is 14.7 Å². The number of hydrogen-bond acceptors (Lipinski definition) is 4. The molecule has 1 aliphatic rings. The molecule has 2 heterocycles. The molecular formula is C11H19N3O2S2. The highest BCUT2D eigenvalue weighted by Gasteiger charge is 2.23. The van der Waals surface area contributed by atoms with Gasteiger partial charge in [-0.05, 0) is 25.5 Å². The molecule has 0 aromatic carbocycles. The lowest BCUT2D eigenvalue weighted by molar-refractivity contribution is 0.355. The molecule has 0 spiro atoms. The van der Waals surface area contributed by atoms with Gasteiger partial charge in [0.1, 0.15) is 0 Å². The Bertz CT molecular complexity index is 485. The Labute approximate surface area is 112 Å². The van der Waals surface area contributed by atoms with Crippen molar-refractivity contribution < 1.29 is 8.42 Å². The molecule has 0 atom stereocenters. The highest BCUT2D eigenvalue weighted by Crippen LogP contribution is 2.20. The molecule has 0 unspecified atom stereocenters. The van der Waals surface area contributed by atoms with Gasteiger partial charge in [-0.3, -0.25) is 0 Å². The van der Waals surface area contributed by atoms with Crippen LogP contribution >= 0.6 is 11.3 Å². The molecule has 0 amide bonds. The Hall–Kier alpha value is -0.470. The average Bonchev–Trinajstić information content (AvgIpc) is 2.68. The summed E-state index contributed by atoms with van der Waals surface area (Å²) in [4.78, 5) is 2.30. The van der Waals surface area contributed by atoms with E-state index in [0.29, 0.717) is 19.6 Å². The molecular weight excluding hydrogens is 270 g/mol. The number of aryl methyl sites for hydroxylation is 2. The second-order valence-corrected chi connectivity index (χ2v) is 7.52. The number of piperazine rings is 1. The van der Waals surface area contributed by atoms with Crippen LogP contribution in [0.3, 0.4) is 0 Å². The fraction of sp³-hybridized carbons (Fsp3) is 0.636. The van der Waals surface area contributed by atoms with E-state index in [1.54, 1.807) is 11.3 Å². The summed E-state index contributed by atoms with van der Waals surface area (Å²) in [5.41, 5.74) is 1.22. The largest absolute Gasteiger partial charge is 0.314 e. The van der Waals surface area contributed by atoms with Crippen molar-refractivity contribution >= 4 is 21.5 Å². The molecule has 1 aromatic rings. The third kappa shape index (κ3) is 3.30. The molecule has 18 heavy (non-hydrogen) atoms. The van der Waals surface area contributed by atoms with Gasteiger partial charge in [0.2, 0.25) is 0 Å². The van der Waals surface area contributed by atoms with Crippen molar-refractivity contribution in [1.82, 2.24) is 14.3 Å². The van der Waals surface area contributed by atoms with Crippen molar-refractivity contribution in [2.24, 2.45) is 0 Å². The number of thiophene rings is 1. The van der Waals surface area contributed by atoms with Crippen molar-refractivity contribution in [2.75, 3.05) is 26.2 Å². The number of hydrogen-bond donors (Lipinski definition) is 2. The van der Waals surface area contributed by atoms with E-state index in [9.17, 15) is 8.42 Å². The molecule has 0 saturated carbocycles. The van der Waals surface area contributed by atoms with Crippen LogP contribution in [0, 0.1) is 13.8 Å². The number of rotatable bonds is 4. The molecule has 5 nitrogen and oxygen atoms in total. The monoisotopic (exact) mass is 289 g/mol. The van der Waals surface area contributed by atoms with Crippen molar-refractivity contribution in [3.8, 4) is 0 Å². The lowest BCUT2D eigenvalue weighted by Crippen LogP contribution is -2.50. The lowest BCUT2D eigenvalue weighted by Gasteiger charge is -2.26. The van der Waals surface area contributed by atoms with Gasteiger partial charge in [0.25, 0.3) is 10.2 Å². The Kier molecular flexibility index (Phi) is 4.39. The summed E-state index contributed by atoms with van der Waals surface area (Å²) in [5, 5.41) is 3.14. The van der Waals surface area contributed by atoms with E-state index >= 15 is 0 Å². The highest BCUT2D eigenvalue weighted by molar-refractivity contribution is 7.87. The van der Waals surface area contributed by atoms with Crippen molar-refractivity contribution in [2.45, 2.75) is 20.4 Å². The predicted octanol–water partition coefficient (Wildman–Crippen LogP) is 0.605. The molecule has 7 heteroatoms. The first kappa shape index (κ1) is 14.0. The van der Waals surface area contributed by atoms with Crippen LogP contribution in [0.4, 0.5) is 0 Å². The van der Waals surface area contributed by atoms with E-state index in [4.69, 9.17) is 0 Å². The first-order valence-electron chi connectivity index (χ1n) is 6.00. The van der Waals surface area contributed by atoms with Gasteiger partial charge in [0.15, 0.2) is 0 Å². The molecule has 0 aliphatic carbocycles. The van der Waals surface area contributed by atoms with Crippen LogP contribution in [0.25, 0.3) is 0 Å². The maximum absolute atomic E-state index is 12.0. The van der Waals surface area contributed by atoms with E-state index in [2.05, 4.69) is 10.0 Å². The zero-order valence-corrected chi connectivity index (χ0v) is 12.3. The third-order valence-electron chi connectivity index (χ3n) is 3.06. The van der Waals surface area contributed by atoms with Gasteiger partial charge in [-0.2, -0.15) is 17.4 Å². The van der Waals surface area contributed by atoms with Crippen molar-refractivity contribution in [3.05, 3.63) is 21.4 Å². The summed E-state index contributed by atoms with van der Waals surface area (Å²) < 4.78 is 28.2. The first-order chi connectivity index (χ1) is 8.49. The Morgan fingerprint density at radius 1 is 1.39 bits per heavy atom. The van der Waals surface area contributed by atoms with Gasteiger partial charge in [0.05, 0.1) is 0 Å². The Balaban J connectivity index is 1.96.